The van der Waals surface area contributed by atoms with Gasteiger partial charge in [0.15, 0.2) is 17.3 Å². The van der Waals surface area contributed by atoms with Gasteiger partial charge in [0.05, 0.1) is 12.2 Å². The number of fused-ring (bicyclic) bond motifs is 1. The number of ketones is 1. The molecule has 92 valence electrons. The zero-order chi connectivity index (χ0) is 12.6. The Balaban J connectivity index is 2.42. The molecule has 0 atom stereocenters. The molecule has 0 radical (unpaired) electrons. The highest BCUT2D eigenvalue weighted by molar-refractivity contribution is 5.99. The molecule has 0 spiro atoms. The molecule has 17 heavy (non-hydrogen) atoms. The fraction of sp³-hybridized carbons (Fsp3) is 0.300. The lowest BCUT2D eigenvalue weighted by atomic mass is 10.0. The molecule has 0 fully saturated rings. The third-order valence-electron chi connectivity index (χ3n) is 2.16. The number of alkyl halides is 3. The maximum atomic E-state index is 13.6. The quantitative estimate of drug-likeness (QED) is 0.719. The normalized spacial score (nSPS) is 15.2. The lowest BCUT2D eigenvalue weighted by Crippen LogP contribution is -2.20. The Labute approximate surface area is 92.9 Å². The van der Waals surface area contributed by atoms with Gasteiger partial charge in [-0.25, -0.2) is 0 Å². The minimum absolute atomic E-state index is 0.0573. The summed E-state index contributed by atoms with van der Waals surface area (Å²) in [6, 6.07) is 1.81. The lowest BCUT2D eigenvalue weighted by Gasteiger charge is -2.18. The van der Waals surface area contributed by atoms with Crippen LogP contribution in [0.25, 0.3) is 0 Å². The van der Waals surface area contributed by atoms with Crippen molar-refractivity contribution in [2.24, 2.45) is 0 Å². The third-order valence-corrected chi connectivity index (χ3v) is 2.16. The third kappa shape index (κ3) is 2.32. The Morgan fingerprint density at radius 2 is 2.00 bits per heavy atom. The molecule has 1 aromatic carbocycles. The van der Waals surface area contributed by atoms with E-state index in [1.165, 1.54) is 0 Å². The lowest BCUT2D eigenvalue weighted by molar-refractivity contribution is -0.275. The Bertz CT molecular complexity index is 467. The first-order valence-corrected chi connectivity index (χ1v) is 4.63. The van der Waals surface area contributed by atoms with Gasteiger partial charge in [-0.05, 0) is 12.1 Å². The van der Waals surface area contributed by atoms with Gasteiger partial charge < -0.3 is 9.47 Å². The predicted octanol–water partition coefficient (Wildman–Crippen LogP) is 2.69. The number of ether oxygens (including phenoxy) is 2. The molecule has 1 aliphatic rings. The van der Waals surface area contributed by atoms with Crippen molar-refractivity contribution in [3.8, 4) is 11.5 Å². The van der Waals surface area contributed by atoms with Gasteiger partial charge in [-0.15, -0.1) is 13.2 Å². The van der Waals surface area contributed by atoms with Gasteiger partial charge in [0.2, 0.25) is 5.82 Å². The van der Waals surface area contributed by atoms with E-state index >= 15 is 0 Å². The first kappa shape index (κ1) is 11.7. The summed E-state index contributed by atoms with van der Waals surface area (Å²) < 4.78 is 57.7. The van der Waals surface area contributed by atoms with Crippen molar-refractivity contribution < 1.29 is 31.8 Å². The average Bonchev–Trinajstić information content (AvgIpc) is 2.21. The Morgan fingerprint density at radius 3 is 2.65 bits per heavy atom. The van der Waals surface area contributed by atoms with E-state index < -0.39 is 23.7 Å². The number of carbonyl (C=O) groups excluding carboxylic acids is 1. The van der Waals surface area contributed by atoms with Gasteiger partial charge in [0.25, 0.3) is 0 Å². The second-order valence-corrected chi connectivity index (χ2v) is 3.32. The molecule has 1 heterocycles. The monoisotopic (exact) mass is 250 g/mol. The molecule has 0 unspecified atom stereocenters. The minimum atomic E-state index is -4.99. The Hall–Kier alpha value is -1.79. The van der Waals surface area contributed by atoms with Crippen molar-refractivity contribution >= 4 is 5.78 Å². The summed E-state index contributed by atoms with van der Waals surface area (Å²) in [5.74, 6) is -3.18. The van der Waals surface area contributed by atoms with Crippen LogP contribution in [0.3, 0.4) is 0 Å². The molecule has 0 amide bonds. The van der Waals surface area contributed by atoms with E-state index in [0.29, 0.717) is 0 Å². The highest BCUT2D eigenvalue weighted by Crippen LogP contribution is 2.35. The van der Waals surface area contributed by atoms with Gasteiger partial charge in [0, 0.05) is 6.42 Å². The van der Waals surface area contributed by atoms with Crippen molar-refractivity contribution in [3.05, 3.63) is 23.5 Å². The number of halogens is 4. The molecule has 0 saturated heterocycles. The van der Waals surface area contributed by atoms with E-state index in [1.807, 2.05) is 0 Å². The number of Topliss-reactive ketones (excluding diaryl/α,β-unsaturated/α-hetero) is 1. The first-order chi connectivity index (χ1) is 7.88. The van der Waals surface area contributed by atoms with E-state index in [9.17, 15) is 22.4 Å². The van der Waals surface area contributed by atoms with Crippen LogP contribution in [-0.4, -0.2) is 18.8 Å². The van der Waals surface area contributed by atoms with Crippen molar-refractivity contribution in [1.82, 2.24) is 0 Å². The molecule has 0 aromatic heterocycles. The number of carbonyl (C=O) groups is 1. The van der Waals surface area contributed by atoms with Crippen LogP contribution < -0.4 is 9.47 Å². The Kier molecular flexibility index (Phi) is 2.68. The van der Waals surface area contributed by atoms with Crippen molar-refractivity contribution in [3.63, 3.8) is 0 Å². The van der Waals surface area contributed by atoms with Crippen LogP contribution in [0.4, 0.5) is 17.6 Å². The number of rotatable bonds is 1. The van der Waals surface area contributed by atoms with Gasteiger partial charge in [0.1, 0.15) is 0 Å². The summed E-state index contributed by atoms with van der Waals surface area (Å²) in [4.78, 5) is 11.3. The van der Waals surface area contributed by atoms with Gasteiger partial charge in [-0.2, -0.15) is 4.39 Å². The molecule has 0 aliphatic carbocycles. The minimum Gasteiger partial charge on any atom is -0.489 e. The van der Waals surface area contributed by atoms with Gasteiger partial charge >= 0.3 is 6.36 Å². The summed E-state index contributed by atoms with van der Waals surface area (Å²) in [6.07, 6.45) is -4.92. The van der Waals surface area contributed by atoms with Crippen LogP contribution in [0.1, 0.15) is 16.8 Å². The van der Waals surface area contributed by atoms with Gasteiger partial charge in [-0.3, -0.25) is 4.79 Å². The van der Waals surface area contributed by atoms with Crippen LogP contribution in [0.5, 0.6) is 11.5 Å². The number of benzene rings is 1. The van der Waals surface area contributed by atoms with E-state index in [0.717, 1.165) is 12.1 Å². The average molecular weight is 250 g/mol. The summed E-state index contributed by atoms with van der Waals surface area (Å²) in [5.41, 5.74) is -0.0664. The molecule has 1 aliphatic heterocycles. The smallest absolute Gasteiger partial charge is 0.489 e. The molecule has 7 heteroatoms. The maximum Gasteiger partial charge on any atom is 0.573 e. The molecule has 1 aromatic rings. The molecular weight excluding hydrogens is 244 g/mol. The highest BCUT2D eigenvalue weighted by atomic mass is 19.4. The molecule has 2 rings (SSSR count). The van der Waals surface area contributed by atoms with Crippen molar-refractivity contribution in [2.45, 2.75) is 12.8 Å². The molecule has 0 saturated carbocycles. The second kappa shape index (κ2) is 3.90. The summed E-state index contributed by atoms with van der Waals surface area (Å²) >= 11 is 0. The first-order valence-electron chi connectivity index (χ1n) is 4.63. The molecule has 3 nitrogen and oxygen atoms in total. The molecule has 0 bridgehead atoms. The fourth-order valence-electron chi connectivity index (χ4n) is 1.48. The van der Waals surface area contributed by atoms with Crippen LogP contribution in [-0.2, 0) is 0 Å². The standard InChI is InChI=1S/C10H6F4O3/c11-8-7(17-10(12,13)14)2-1-5-6(15)3-4-16-9(5)8/h1-2H,3-4H2. The van der Waals surface area contributed by atoms with Gasteiger partial charge in [-0.1, -0.05) is 0 Å². The SMILES string of the molecule is O=C1CCOc2c1ccc(OC(F)(F)F)c2F. The maximum absolute atomic E-state index is 13.6. The van der Waals surface area contributed by atoms with E-state index in [2.05, 4.69) is 4.74 Å². The molecule has 0 N–H and O–H groups in total. The second-order valence-electron chi connectivity index (χ2n) is 3.32. The van der Waals surface area contributed by atoms with Crippen LogP contribution in [0.15, 0.2) is 12.1 Å². The van der Waals surface area contributed by atoms with Crippen molar-refractivity contribution in [2.75, 3.05) is 6.61 Å². The Morgan fingerprint density at radius 1 is 1.29 bits per heavy atom. The number of hydrogen-bond donors (Lipinski definition) is 0. The highest BCUT2D eigenvalue weighted by Gasteiger charge is 2.34. The molecular formula is C10H6F4O3. The van der Waals surface area contributed by atoms with Crippen LogP contribution >= 0.6 is 0 Å². The van der Waals surface area contributed by atoms with Crippen molar-refractivity contribution in [1.29, 1.82) is 0 Å². The van der Waals surface area contributed by atoms with Crippen LogP contribution in [0.2, 0.25) is 0 Å². The topological polar surface area (TPSA) is 35.5 Å². The zero-order valence-corrected chi connectivity index (χ0v) is 8.31. The largest absolute Gasteiger partial charge is 0.573 e. The summed E-state index contributed by atoms with van der Waals surface area (Å²) in [6.45, 7) is -0.0573. The predicted molar refractivity (Wildman–Crippen MR) is 47.5 cm³/mol. The fourth-order valence-corrected chi connectivity index (χ4v) is 1.48. The summed E-state index contributed by atoms with van der Waals surface area (Å²) in [5, 5.41) is 0. The summed E-state index contributed by atoms with van der Waals surface area (Å²) in [7, 11) is 0. The van der Waals surface area contributed by atoms with E-state index in [1.54, 1.807) is 0 Å². The van der Waals surface area contributed by atoms with E-state index in [4.69, 9.17) is 4.74 Å². The number of hydrogen-bond acceptors (Lipinski definition) is 3. The zero-order valence-electron chi connectivity index (χ0n) is 8.31. The van der Waals surface area contributed by atoms with Crippen LogP contribution in [0, 0.1) is 5.82 Å². The van der Waals surface area contributed by atoms with E-state index in [-0.39, 0.29) is 24.4 Å².